The number of fused-ring (bicyclic) bond motifs is 1. The van der Waals surface area contributed by atoms with E-state index in [9.17, 15) is 0 Å². The summed E-state index contributed by atoms with van der Waals surface area (Å²) in [7, 11) is 0. The van der Waals surface area contributed by atoms with Crippen LogP contribution >= 0.6 is 11.3 Å². The minimum atomic E-state index is 0.393. The third-order valence-corrected chi connectivity index (χ3v) is 3.36. The minimum Gasteiger partial charge on any atom is -0.384 e. The van der Waals surface area contributed by atoms with E-state index >= 15 is 0 Å². The summed E-state index contributed by atoms with van der Waals surface area (Å²) >= 11 is 1.49. The normalized spacial score (nSPS) is 10.8. The number of hydrogen-bond donors (Lipinski definition) is 2. The number of nitrogens with zero attached hydrogens (tertiary/aromatic N) is 3. The van der Waals surface area contributed by atoms with Gasteiger partial charge in [-0.1, -0.05) is 11.3 Å². The first-order chi connectivity index (χ1) is 8.24. The van der Waals surface area contributed by atoms with Crippen LogP contribution in [-0.4, -0.2) is 15.0 Å². The lowest BCUT2D eigenvalue weighted by Gasteiger charge is -2.01. The molecule has 0 saturated carbocycles. The van der Waals surface area contributed by atoms with Crippen molar-refractivity contribution in [1.29, 1.82) is 0 Å². The highest BCUT2D eigenvalue weighted by Crippen LogP contribution is 2.31. The maximum Gasteiger partial charge on any atom is 0.143 e. The number of anilines is 2. The second-order valence-corrected chi connectivity index (χ2v) is 4.49. The van der Waals surface area contributed by atoms with Gasteiger partial charge in [0.1, 0.15) is 27.0 Å². The van der Waals surface area contributed by atoms with E-state index in [1.165, 1.54) is 11.3 Å². The molecule has 0 amide bonds. The fraction of sp³-hybridized carbons (Fsp3) is 0. The first-order valence-electron chi connectivity index (χ1n) is 4.98. The Morgan fingerprint density at radius 2 is 1.94 bits per heavy atom. The minimum absolute atomic E-state index is 0.393. The number of aromatic nitrogens is 3. The summed E-state index contributed by atoms with van der Waals surface area (Å²) in [5.41, 5.74) is 13.0. The zero-order valence-corrected chi connectivity index (χ0v) is 9.61. The van der Waals surface area contributed by atoms with Crippen LogP contribution in [0.25, 0.3) is 20.9 Å². The molecule has 0 fully saturated rings. The third kappa shape index (κ3) is 1.68. The summed E-state index contributed by atoms with van der Waals surface area (Å²) in [6, 6.07) is 7.32. The molecule has 6 heteroatoms. The van der Waals surface area contributed by atoms with Gasteiger partial charge in [0.15, 0.2) is 0 Å². The average Bonchev–Trinajstić information content (AvgIpc) is 2.72. The predicted molar refractivity (Wildman–Crippen MR) is 69.5 cm³/mol. The van der Waals surface area contributed by atoms with Gasteiger partial charge in [-0.25, -0.2) is 15.0 Å². The maximum absolute atomic E-state index is 5.83. The fourth-order valence-corrected chi connectivity index (χ4v) is 2.50. The molecule has 0 aromatic carbocycles. The first kappa shape index (κ1) is 9.98. The van der Waals surface area contributed by atoms with Gasteiger partial charge >= 0.3 is 0 Å². The summed E-state index contributed by atoms with van der Waals surface area (Å²) in [5, 5.41) is 0.809. The van der Waals surface area contributed by atoms with E-state index in [4.69, 9.17) is 11.5 Å². The smallest absolute Gasteiger partial charge is 0.143 e. The largest absolute Gasteiger partial charge is 0.384 e. The van der Waals surface area contributed by atoms with Crippen molar-refractivity contribution in [2.45, 2.75) is 0 Å². The number of nitrogen functional groups attached to an aromatic ring is 2. The van der Waals surface area contributed by atoms with Crippen molar-refractivity contribution >= 4 is 33.3 Å². The standard InChI is InChI=1S/C11H9N5S/c12-8-4-3-6(9(13)16-8)10-15-7-2-1-5-14-11(7)17-10/h1-5H,(H4,12,13,16). The molecule has 0 aliphatic heterocycles. The fourth-order valence-electron chi connectivity index (χ4n) is 1.56. The Balaban J connectivity index is 2.20. The SMILES string of the molecule is Nc1ccc(-c2nc3cccnc3s2)c(N)n1. The van der Waals surface area contributed by atoms with Crippen LogP contribution in [-0.2, 0) is 0 Å². The molecule has 0 bridgehead atoms. The molecule has 3 rings (SSSR count). The topological polar surface area (TPSA) is 90.7 Å². The van der Waals surface area contributed by atoms with E-state index in [-0.39, 0.29) is 0 Å². The molecule has 0 aliphatic carbocycles. The molecule has 84 valence electrons. The van der Waals surface area contributed by atoms with Gasteiger partial charge in [-0.05, 0) is 24.3 Å². The molecule has 0 radical (unpaired) electrons. The Morgan fingerprint density at radius 3 is 2.71 bits per heavy atom. The lowest BCUT2D eigenvalue weighted by atomic mass is 10.2. The van der Waals surface area contributed by atoms with Crippen molar-refractivity contribution < 1.29 is 0 Å². The predicted octanol–water partition coefficient (Wildman–Crippen LogP) is 1.92. The molecule has 0 saturated heterocycles. The lowest BCUT2D eigenvalue weighted by Crippen LogP contribution is -1.97. The Hall–Kier alpha value is -2.21. The van der Waals surface area contributed by atoms with Crippen LogP contribution in [0.3, 0.4) is 0 Å². The molecule has 0 spiro atoms. The van der Waals surface area contributed by atoms with E-state index in [1.807, 2.05) is 18.2 Å². The molecule has 0 atom stereocenters. The molecule has 17 heavy (non-hydrogen) atoms. The van der Waals surface area contributed by atoms with Crippen LogP contribution in [0.5, 0.6) is 0 Å². The Morgan fingerprint density at radius 1 is 1.06 bits per heavy atom. The molecule has 5 nitrogen and oxygen atoms in total. The van der Waals surface area contributed by atoms with Crippen LogP contribution in [0, 0.1) is 0 Å². The Kier molecular flexibility index (Phi) is 2.15. The second kappa shape index (κ2) is 3.67. The zero-order chi connectivity index (χ0) is 11.8. The molecule has 0 aliphatic rings. The number of hydrogen-bond acceptors (Lipinski definition) is 6. The number of pyridine rings is 2. The van der Waals surface area contributed by atoms with Crippen LogP contribution in [0.15, 0.2) is 30.5 Å². The van der Waals surface area contributed by atoms with Crippen molar-refractivity contribution in [3.8, 4) is 10.6 Å². The van der Waals surface area contributed by atoms with Crippen molar-refractivity contribution in [3.05, 3.63) is 30.5 Å². The Labute approximate surface area is 101 Å². The van der Waals surface area contributed by atoms with Gasteiger partial charge in [0.25, 0.3) is 0 Å². The van der Waals surface area contributed by atoms with Gasteiger partial charge in [0, 0.05) is 6.20 Å². The highest BCUT2D eigenvalue weighted by Gasteiger charge is 2.10. The first-order valence-corrected chi connectivity index (χ1v) is 5.79. The molecular weight excluding hydrogens is 234 g/mol. The number of thiazole rings is 1. The van der Waals surface area contributed by atoms with Crippen molar-refractivity contribution in [1.82, 2.24) is 15.0 Å². The van der Waals surface area contributed by atoms with E-state index in [0.29, 0.717) is 11.6 Å². The van der Waals surface area contributed by atoms with E-state index in [1.54, 1.807) is 12.3 Å². The van der Waals surface area contributed by atoms with E-state index in [0.717, 1.165) is 20.9 Å². The van der Waals surface area contributed by atoms with Crippen molar-refractivity contribution in [2.75, 3.05) is 11.5 Å². The van der Waals surface area contributed by atoms with Crippen LogP contribution in [0.2, 0.25) is 0 Å². The highest BCUT2D eigenvalue weighted by molar-refractivity contribution is 7.21. The summed E-state index contributed by atoms with van der Waals surface area (Å²) in [6.45, 7) is 0. The monoisotopic (exact) mass is 243 g/mol. The van der Waals surface area contributed by atoms with Gasteiger partial charge in [0.05, 0.1) is 5.56 Å². The van der Waals surface area contributed by atoms with Gasteiger partial charge in [-0.3, -0.25) is 0 Å². The van der Waals surface area contributed by atoms with E-state index in [2.05, 4.69) is 15.0 Å². The Bertz CT molecular complexity index is 658. The molecule has 3 aromatic rings. The third-order valence-electron chi connectivity index (χ3n) is 2.34. The van der Waals surface area contributed by atoms with Crippen molar-refractivity contribution in [3.63, 3.8) is 0 Å². The number of rotatable bonds is 1. The summed E-state index contributed by atoms with van der Waals surface area (Å²) in [5.74, 6) is 0.801. The average molecular weight is 243 g/mol. The summed E-state index contributed by atoms with van der Waals surface area (Å²) in [4.78, 5) is 13.6. The van der Waals surface area contributed by atoms with Gasteiger partial charge in [-0.2, -0.15) is 0 Å². The molecule has 4 N–H and O–H groups in total. The highest BCUT2D eigenvalue weighted by atomic mass is 32.1. The molecule has 3 heterocycles. The number of nitrogens with two attached hydrogens (primary N) is 2. The molecular formula is C11H9N5S. The quantitative estimate of drug-likeness (QED) is 0.681. The van der Waals surface area contributed by atoms with E-state index < -0.39 is 0 Å². The molecule has 0 unspecified atom stereocenters. The van der Waals surface area contributed by atoms with Crippen LogP contribution in [0.4, 0.5) is 11.6 Å². The summed E-state index contributed by atoms with van der Waals surface area (Å²) < 4.78 is 0. The maximum atomic E-state index is 5.83. The van der Waals surface area contributed by atoms with Gasteiger partial charge < -0.3 is 11.5 Å². The van der Waals surface area contributed by atoms with Gasteiger partial charge in [-0.15, -0.1) is 0 Å². The van der Waals surface area contributed by atoms with Gasteiger partial charge in [0.2, 0.25) is 0 Å². The molecule has 3 aromatic heterocycles. The van der Waals surface area contributed by atoms with Crippen LogP contribution < -0.4 is 11.5 Å². The van der Waals surface area contributed by atoms with Crippen LogP contribution in [0.1, 0.15) is 0 Å². The second-order valence-electron chi connectivity index (χ2n) is 3.52. The summed E-state index contributed by atoms with van der Waals surface area (Å²) in [6.07, 6.45) is 1.74. The van der Waals surface area contributed by atoms with Crippen molar-refractivity contribution in [2.24, 2.45) is 0 Å². The lowest BCUT2D eigenvalue weighted by molar-refractivity contribution is 1.33. The zero-order valence-electron chi connectivity index (χ0n) is 8.79.